The van der Waals surface area contributed by atoms with E-state index in [1.807, 2.05) is 0 Å². The SMILES string of the molecule is O=C(OC1CC[C@@H](O)[C@@H](C(=O)O)N1)[C@@H]1CC[C@H](O)CN1. The van der Waals surface area contributed by atoms with Crippen molar-refractivity contribution in [3.05, 3.63) is 0 Å². The molecule has 0 radical (unpaired) electrons. The Labute approximate surface area is 116 Å². The summed E-state index contributed by atoms with van der Waals surface area (Å²) in [4.78, 5) is 22.8. The minimum absolute atomic E-state index is 0.263. The van der Waals surface area contributed by atoms with Gasteiger partial charge in [-0.25, -0.2) is 0 Å². The van der Waals surface area contributed by atoms with Crippen LogP contribution in [-0.2, 0) is 14.3 Å². The molecule has 1 unspecified atom stereocenters. The van der Waals surface area contributed by atoms with Gasteiger partial charge in [-0.2, -0.15) is 0 Å². The molecule has 114 valence electrons. The number of nitrogens with one attached hydrogen (secondary N) is 2. The van der Waals surface area contributed by atoms with E-state index in [1.165, 1.54) is 0 Å². The summed E-state index contributed by atoms with van der Waals surface area (Å²) in [5.74, 6) is -1.63. The first kappa shape index (κ1) is 15.2. The van der Waals surface area contributed by atoms with E-state index in [2.05, 4.69) is 10.6 Å². The normalized spacial score (nSPS) is 38.2. The third-order valence-electron chi connectivity index (χ3n) is 3.67. The van der Waals surface area contributed by atoms with Gasteiger partial charge in [-0.1, -0.05) is 0 Å². The topological polar surface area (TPSA) is 128 Å². The van der Waals surface area contributed by atoms with Crippen LogP contribution in [0.5, 0.6) is 0 Å². The lowest BCUT2D eigenvalue weighted by Gasteiger charge is -2.33. The number of esters is 1. The molecule has 8 nitrogen and oxygen atoms in total. The second kappa shape index (κ2) is 6.49. The van der Waals surface area contributed by atoms with E-state index >= 15 is 0 Å². The lowest BCUT2D eigenvalue weighted by Crippen LogP contribution is -2.57. The van der Waals surface area contributed by atoms with Crippen molar-refractivity contribution >= 4 is 11.9 Å². The molecule has 5 atom stereocenters. The van der Waals surface area contributed by atoms with Gasteiger partial charge in [0.1, 0.15) is 12.1 Å². The Kier molecular flexibility index (Phi) is 4.92. The second-order valence-electron chi connectivity index (χ2n) is 5.24. The largest absolute Gasteiger partial charge is 0.480 e. The second-order valence-corrected chi connectivity index (χ2v) is 5.24. The van der Waals surface area contributed by atoms with Gasteiger partial charge in [0, 0.05) is 13.0 Å². The molecule has 0 saturated carbocycles. The minimum Gasteiger partial charge on any atom is -0.480 e. The van der Waals surface area contributed by atoms with Gasteiger partial charge in [-0.05, 0) is 19.3 Å². The van der Waals surface area contributed by atoms with Crippen molar-refractivity contribution in [2.75, 3.05) is 6.54 Å². The van der Waals surface area contributed by atoms with Crippen LogP contribution in [0.15, 0.2) is 0 Å². The number of carboxylic acids is 1. The average molecular weight is 288 g/mol. The molecular weight excluding hydrogens is 268 g/mol. The molecule has 0 amide bonds. The quantitative estimate of drug-likeness (QED) is 0.384. The van der Waals surface area contributed by atoms with Crippen LogP contribution in [0, 0.1) is 0 Å². The first-order chi connectivity index (χ1) is 9.47. The Morgan fingerprint density at radius 2 is 1.85 bits per heavy atom. The molecule has 2 aliphatic rings. The molecule has 2 rings (SSSR count). The Hall–Kier alpha value is -1.22. The summed E-state index contributed by atoms with van der Waals surface area (Å²) < 4.78 is 5.23. The number of ether oxygens (including phenoxy) is 1. The number of hydrogen-bond donors (Lipinski definition) is 5. The maximum absolute atomic E-state index is 11.9. The molecule has 2 fully saturated rings. The summed E-state index contributed by atoms with van der Waals surface area (Å²) in [7, 11) is 0. The van der Waals surface area contributed by atoms with Crippen LogP contribution >= 0.6 is 0 Å². The highest BCUT2D eigenvalue weighted by molar-refractivity contribution is 5.76. The Balaban J connectivity index is 1.83. The zero-order valence-corrected chi connectivity index (χ0v) is 11.0. The van der Waals surface area contributed by atoms with Crippen LogP contribution in [0.4, 0.5) is 0 Å². The van der Waals surface area contributed by atoms with E-state index in [4.69, 9.17) is 9.84 Å². The van der Waals surface area contributed by atoms with Gasteiger partial charge in [0.05, 0.1) is 12.2 Å². The summed E-state index contributed by atoms with van der Waals surface area (Å²) >= 11 is 0. The monoisotopic (exact) mass is 288 g/mol. The lowest BCUT2D eigenvalue weighted by molar-refractivity contribution is -0.162. The van der Waals surface area contributed by atoms with E-state index in [1.54, 1.807) is 0 Å². The molecule has 8 heteroatoms. The molecule has 0 aliphatic carbocycles. The van der Waals surface area contributed by atoms with E-state index in [0.29, 0.717) is 25.8 Å². The summed E-state index contributed by atoms with van der Waals surface area (Å²) in [6.07, 6.45) is -0.492. The fourth-order valence-electron chi connectivity index (χ4n) is 2.48. The van der Waals surface area contributed by atoms with Gasteiger partial charge in [-0.3, -0.25) is 14.9 Å². The molecular formula is C12H20N2O6. The summed E-state index contributed by atoms with van der Waals surface area (Å²) in [6, 6.07) is -1.60. The van der Waals surface area contributed by atoms with E-state index in [0.717, 1.165) is 0 Å². The van der Waals surface area contributed by atoms with Crippen molar-refractivity contribution in [3.63, 3.8) is 0 Å². The molecule has 2 saturated heterocycles. The lowest BCUT2D eigenvalue weighted by atomic mass is 10.00. The van der Waals surface area contributed by atoms with Gasteiger partial charge in [0.15, 0.2) is 6.23 Å². The molecule has 5 N–H and O–H groups in total. The van der Waals surface area contributed by atoms with Gasteiger partial charge < -0.3 is 25.4 Å². The smallest absolute Gasteiger partial charge is 0.324 e. The predicted molar refractivity (Wildman–Crippen MR) is 66.7 cm³/mol. The molecule has 0 spiro atoms. The van der Waals surface area contributed by atoms with Crippen LogP contribution in [0.3, 0.4) is 0 Å². The van der Waals surface area contributed by atoms with Crippen molar-refractivity contribution < 1.29 is 29.6 Å². The molecule has 2 aliphatic heterocycles. The van der Waals surface area contributed by atoms with Gasteiger partial charge in [-0.15, -0.1) is 0 Å². The maximum atomic E-state index is 11.9. The summed E-state index contributed by atoms with van der Waals surface area (Å²) in [5.41, 5.74) is 0. The highest BCUT2D eigenvalue weighted by Crippen LogP contribution is 2.17. The number of carbonyl (C=O) groups is 2. The Morgan fingerprint density at radius 1 is 1.10 bits per heavy atom. The van der Waals surface area contributed by atoms with Crippen LogP contribution in [0.2, 0.25) is 0 Å². The zero-order valence-electron chi connectivity index (χ0n) is 11.0. The number of rotatable bonds is 3. The number of aliphatic carboxylic acids is 1. The van der Waals surface area contributed by atoms with E-state index in [9.17, 15) is 19.8 Å². The fraction of sp³-hybridized carbons (Fsp3) is 0.833. The van der Waals surface area contributed by atoms with Crippen molar-refractivity contribution in [2.24, 2.45) is 0 Å². The molecule has 0 aromatic rings. The van der Waals surface area contributed by atoms with Crippen LogP contribution in [0.25, 0.3) is 0 Å². The number of piperidine rings is 2. The first-order valence-corrected chi connectivity index (χ1v) is 6.76. The van der Waals surface area contributed by atoms with E-state index < -0.39 is 42.5 Å². The number of aliphatic hydroxyl groups excluding tert-OH is 2. The standard InChI is InChI=1S/C12H20N2O6/c15-6-1-2-7(13-5-6)12(19)20-9-4-3-8(16)10(14-9)11(17)18/h6-10,13-16H,1-5H2,(H,17,18)/t6-,7-,8+,9?,10-/m0/s1. The first-order valence-electron chi connectivity index (χ1n) is 6.76. The highest BCUT2D eigenvalue weighted by Gasteiger charge is 2.36. The number of β-amino-alcohol motifs (C(OH)–C–C–N with tert-alkyl or cyclic N) is 1. The number of carboxylic acid groups (broad SMARTS) is 1. The van der Waals surface area contributed by atoms with E-state index in [-0.39, 0.29) is 6.42 Å². The molecule has 0 aromatic heterocycles. The molecule has 0 bridgehead atoms. The maximum Gasteiger partial charge on any atom is 0.324 e. The summed E-state index contributed by atoms with van der Waals surface area (Å²) in [6.45, 7) is 0.342. The van der Waals surface area contributed by atoms with Gasteiger partial charge >= 0.3 is 11.9 Å². The van der Waals surface area contributed by atoms with Gasteiger partial charge in [0.2, 0.25) is 0 Å². The van der Waals surface area contributed by atoms with Gasteiger partial charge in [0.25, 0.3) is 0 Å². The van der Waals surface area contributed by atoms with Crippen LogP contribution in [-0.4, -0.2) is 64.3 Å². The Morgan fingerprint density at radius 3 is 2.45 bits per heavy atom. The van der Waals surface area contributed by atoms with Crippen molar-refractivity contribution in [3.8, 4) is 0 Å². The highest BCUT2D eigenvalue weighted by atomic mass is 16.6. The molecule has 0 aromatic carbocycles. The van der Waals surface area contributed by atoms with Crippen LogP contribution < -0.4 is 10.6 Å². The number of aliphatic hydroxyl groups is 2. The number of hydrogen-bond acceptors (Lipinski definition) is 7. The summed E-state index contributed by atoms with van der Waals surface area (Å²) in [5, 5.41) is 33.3. The minimum atomic E-state index is -1.17. The zero-order chi connectivity index (χ0) is 14.7. The van der Waals surface area contributed by atoms with Crippen molar-refractivity contribution in [2.45, 2.75) is 56.2 Å². The third kappa shape index (κ3) is 3.66. The third-order valence-corrected chi connectivity index (χ3v) is 3.67. The Bertz CT molecular complexity index is 369. The molecule has 20 heavy (non-hydrogen) atoms. The fourth-order valence-corrected chi connectivity index (χ4v) is 2.48. The van der Waals surface area contributed by atoms with Crippen molar-refractivity contribution in [1.82, 2.24) is 10.6 Å². The van der Waals surface area contributed by atoms with Crippen molar-refractivity contribution in [1.29, 1.82) is 0 Å². The number of carbonyl (C=O) groups excluding carboxylic acids is 1. The molecule has 2 heterocycles. The average Bonchev–Trinajstić information content (AvgIpc) is 2.41. The predicted octanol–water partition coefficient (Wildman–Crippen LogP) is -1.83. The van der Waals surface area contributed by atoms with Crippen LogP contribution in [0.1, 0.15) is 25.7 Å².